The topological polar surface area (TPSA) is 62.2 Å². The van der Waals surface area contributed by atoms with Crippen molar-refractivity contribution in [3.05, 3.63) is 59.7 Å². The maximum Gasteiger partial charge on any atom is 0.338 e. The van der Waals surface area contributed by atoms with E-state index in [-0.39, 0.29) is 18.2 Å². The van der Waals surface area contributed by atoms with Gasteiger partial charge in [-0.05, 0) is 88.9 Å². The van der Waals surface area contributed by atoms with Crippen LogP contribution >= 0.6 is 0 Å². The van der Waals surface area contributed by atoms with E-state index >= 15 is 0 Å². The highest BCUT2D eigenvalue weighted by Gasteiger charge is 2.32. The number of carbonyl (C=O) groups is 1. The maximum absolute atomic E-state index is 12.0. The summed E-state index contributed by atoms with van der Waals surface area (Å²) < 4.78 is 11.0. The third-order valence-corrected chi connectivity index (χ3v) is 6.29. The number of nitrogens with zero attached hydrogens (tertiary/aromatic N) is 2. The van der Waals surface area contributed by atoms with Crippen LogP contribution in [0.15, 0.2) is 48.5 Å². The van der Waals surface area contributed by atoms with Gasteiger partial charge in [-0.1, -0.05) is 12.1 Å². The monoisotopic (exact) mass is 468 g/mol. The van der Waals surface area contributed by atoms with Crippen molar-refractivity contribution in [2.45, 2.75) is 71.3 Å². The number of hydrogen-bond donors (Lipinski definition) is 1. The summed E-state index contributed by atoms with van der Waals surface area (Å²) in [6.07, 6.45) is 2.32. The molecule has 1 aliphatic heterocycles. The molecule has 0 amide bonds. The molecule has 3 rings (SSSR count). The highest BCUT2D eigenvalue weighted by Crippen LogP contribution is 2.28. The van der Waals surface area contributed by atoms with Gasteiger partial charge < -0.3 is 19.5 Å². The van der Waals surface area contributed by atoms with E-state index in [4.69, 9.17) is 9.47 Å². The van der Waals surface area contributed by atoms with Crippen LogP contribution in [0.5, 0.6) is 5.75 Å². The first-order valence-electron chi connectivity index (χ1n) is 12.4. The van der Waals surface area contributed by atoms with Gasteiger partial charge in [-0.25, -0.2) is 4.79 Å². The molecule has 1 fully saturated rings. The second kappa shape index (κ2) is 11.7. The van der Waals surface area contributed by atoms with Crippen molar-refractivity contribution >= 4 is 11.7 Å². The van der Waals surface area contributed by atoms with Gasteiger partial charge in [0.25, 0.3) is 0 Å². The van der Waals surface area contributed by atoms with E-state index in [1.165, 1.54) is 0 Å². The van der Waals surface area contributed by atoms with Gasteiger partial charge in [-0.2, -0.15) is 0 Å². The lowest BCUT2D eigenvalue weighted by atomic mass is 9.88. The smallest absolute Gasteiger partial charge is 0.338 e. The Balaban J connectivity index is 1.44. The lowest BCUT2D eigenvalue weighted by molar-refractivity contribution is -0.0275. The fourth-order valence-corrected chi connectivity index (χ4v) is 4.22. The molecule has 34 heavy (non-hydrogen) atoms. The van der Waals surface area contributed by atoms with Gasteiger partial charge in [0.1, 0.15) is 5.75 Å². The van der Waals surface area contributed by atoms with Gasteiger partial charge in [0, 0.05) is 38.9 Å². The molecule has 6 heteroatoms. The fraction of sp³-hybridized carbons (Fsp3) is 0.536. The summed E-state index contributed by atoms with van der Waals surface area (Å²) in [7, 11) is 2.07. The molecule has 2 aromatic carbocycles. The van der Waals surface area contributed by atoms with Crippen LogP contribution in [0.4, 0.5) is 5.69 Å². The molecule has 0 saturated carbocycles. The fourth-order valence-electron chi connectivity index (χ4n) is 4.22. The van der Waals surface area contributed by atoms with Gasteiger partial charge in [-0.15, -0.1) is 0 Å². The standard InChI is InChI=1S/C28H40N2O4/c1-21(2)33-26-12-10-25(11-13-26)29(5)17-14-28(32)15-18-30(19-16-28)20-23-6-8-24(9-7-23)27(31)34-22(3)4/h6-13,21-22,32H,14-20H2,1-5H3. The molecular weight excluding hydrogens is 428 g/mol. The highest BCUT2D eigenvalue weighted by atomic mass is 16.5. The lowest BCUT2D eigenvalue weighted by Crippen LogP contribution is -2.45. The van der Waals surface area contributed by atoms with E-state index in [0.29, 0.717) is 5.56 Å². The average molecular weight is 469 g/mol. The molecule has 0 atom stereocenters. The number of esters is 1. The summed E-state index contributed by atoms with van der Waals surface area (Å²) in [6, 6.07) is 15.8. The quantitative estimate of drug-likeness (QED) is 0.501. The molecule has 0 aromatic heterocycles. The van der Waals surface area contributed by atoms with Crippen LogP contribution in [0.3, 0.4) is 0 Å². The number of likely N-dealkylation sites (tertiary alicyclic amines) is 1. The van der Waals surface area contributed by atoms with E-state index in [2.05, 4.69) is 29.0 Å². The van der Waals surface area contributed by atoms with Gasteiger partial charge in [0.05, 0.1) is 23.4 Å². The Morgan fingerprint density at radius 3 is 2.18 bits per heavy atom. The Bertz CT molecular complexity index is 901. The Morgan fingerprint density at radius 2 is 1.62 bits per heavy atom. The minimum absolute atomic E-state index is 0.121. The molecule has 1 saturated heterocycles. The summed E-state index contributed by atoms with van der Waals surface area (Å²) in [6.45, 7) is 11.1. The van der Waals surface area contributed by atoms with Crippen molar-refractivity contribution in [1.82, 2.24) is 4.90 Å². The molecule has 0 unspecified atom stereocenters. The zero-order chi connectivity index (χ0) is 24.7. The van der Waals surface area contributed by atoms with Crippen molar-refractivity contribution in [3.63, 3.8) is 0 Å². The van der Waals surface area contributed by atoms with Gasteiger partial charge in [-0.3, -0.25) is 4.90 Å². The Hall–Kier alpha value is -2.57. The molecule has 2 aromatic rings. The number of carbonyl (C=O) groups excluding carboxylic acids is 1. The molecule has 186 valence electrons. The molecule has 1 N–H and O–H groups in total. The third kappa shape index (κ3) is 7.74. The predicted octanol–water partition coefficient (Wildman–Crippen LogP) is 4.89. The number of benzene rings is 2. The number of rotatable bonds is 10. The van der Waals surface area contributed by atoms with Crippen molar-refractivity contribution in [1.29, 1.82) is 0 Å². The second-order valence-corrected chi connectivity index (χ2v) is 9.98. The first-order chi connectivity index (χ1) is 16.1. The molecule has 1 heterocycles. The van der Waals surface area contributed by atoms with Crippen molar-refractivity contribution in [3.8, 4) is 5.75 Å². The highest BCUT2D eigenvalue weighted by molar-refractivity contribution is 5.89. The average Bonchev–Trinajstić information content (AvgIpc) is 2.79. The number of aliphatic hydroxyl groups is 1. The van der Waals surface area contributed by atoms with Crippen molar-refractivity contribution in [2.24, 2.45) is 0 Å². The largest absolute Gasteiger partial charge is 0.491 e. The first kappa shape index (κ1) is 26.0. The van der Waals surface area contributed by atoms with Gasteiger partial charge in [0.15, 0.2) is 0 Å². The predicted molar refractivity (Wildman–Crippen MR) is 137 cm³/mol. The third-order valence-electron chi connectivity index (χ3n) is 6.29. The normalized spacial score (nSPS) is 16.0. The van der Waals surface area contributed by atoms with Gasteiger partial charge in [0.2, 0.25) is 0 Å². The van der Waals surface area contributed by atoms with Crippen molar-refractivity contribution in [2.75, 3.05) is 31.6 Å². The van der Waals surface area contributed by atoms with Crippen LogP contribution in [0.1, 0.15) is 62.9 Å². The molecule has 1 aliphatic rings. The number of hydrogen-bond acceptors (Lipinski definition) is 6. The van der Waals surface area contributed by atoms with E-state index < -0.39 is 5.60 Å². The first-order valence-corrected chi connectivity index (χ1v) is 12.4. The summed E-state index contributed by atoms with van der Waals surface area (Å²) in [5.41, 5.74) is 2.24. The summed E-state index contributed by atoms with van der Waals surface area (Å²) in [5.74, 6) is 0.595. The number of anilines is 1. The zero-order valence-corrected chi connectivity index (χ0v) is 21.3. The number of ether oxygens (including phenoxy) is 2. The Morgan fingerprint density at radius 1 is 1.00 bits per heavy atom. The van der Waals surface area contributed by atoms with Crippen LogP contribution in [0.2, 0.25) is 0 Å². The van der Waals surface area contributed by atoms with Crippen molar-refractivity contribution < 1.29 is 19.4 Å². The summed E-state index contributed by atoms with van der Waals surface area (Å²) >= 11 is 0. The van der Waals surface area contributed by atoms with Crippen LogP contribution in [0.25, 0.3) is 0 Å². The molecule has 0 aliphatic carbocycles. The van der Waals surface area contributed by atoms with Crippen LogP contribution in [0, 0.1) is 0 Å². The summed E-state index contributed by atoms with van der Waals surface area (Å²) in [5, 5.41) is 11.1. The number of piperidine rings is 1. The summed E-state index contributed by atoms with van der Waals surface area (Å²) in [4.78, 5) is 16.6. The van der Waals surface area contributed by atoms with E-state index in [0.717, 1.165) is 62.4 Å². The lowest BCUT2D eigenvalue weighted by Gasteiger charge is -2.39. The second-order valence-electron chi connectivity index (χ2n) is 9.98. The molecule has 0 bridgehead atoms. The van der Waals surface area contributed by atoms with E-state index in [9.17, 15) is 9.90 Å². The molecule has 6 nitrogen and oxygen atoms in total. The SMILES string of the molecule is CC(C)OC(=O)c1ccc(CN2CCC(O)(CCN(C)c3ccc(OC(C)C)cc3)CC2)cc1. The molecule has 0 radical (unpaired) electrons. The van der Waals surface area contributed by atoms with E-state index in [1.54, 1.807) is 0 Å². The van der Waals surface area contributed by atoms with Gasteiger partial charge >= 0.3 is 5.97 Å². The van der Waals surface area contributed by atoms with Crippen LogP contribution in [-0.2, 0) is 11.3 Å². The Kier molecular flexibility index (Phi) is 8.97. The molecular formula is C28H40N2O4. The maximum atomic E-state index is 12.0. The minimum Gasteiger partial charge on any atom is -0.491 e. The van der Waals surface area contributed by atoms with Crippen LogP contribution in [-0.4, -0.2) is 60.5 Å². The Labute approximate surface area is 204 Å². The van der Waals surface area contributed by atoms with E-state index in [1.807, 2.05) is 64.1 Å². The zero-order valence-electron chi connectivity index (χ0n) is 21.3. The minimum atomic E-state index is -0.629. The van der Waals surface area contributed by atoms with Crippen LogP contribution < -0.4 is 9.64 Å². The molecule has 0 spiro atoms.